The molecule has 0 rings (SSSR count). The SMILES string of the molecule is C[B-][P+](CCCC)(CCCC)CCCC. The molecule has 0 unspecified atom stereocenters. The molecule has 0 aromatic carbocycles. The van der Waals surface area contributed by atoms with Gasteiger partial charge in [0.25, 0.3) is 0 Å². The Kier molecular flexibility index (Phi) is 10.0. The Hall–Kier alpha value is 0.495. The first-order chi connectivity index (χ1) is 7.24. The van der Waals surface area contributed by atoms with E-state index in [-0.39, 0.29) is 0 Å². The van der Waals surface area contributed by atoms with E-state index in [1.807, 2.05) is 0 Å². The average molecular weight is 228 g/mol. The first-order valence-corrected chi connectivity index (χ1v) is 9.32. The molecule has 0 bridgehead atoms. The summed E-state index contributed by atoms with van der Waals surface area (Å²) < 4.78 is 0. The third-order valence-corrected chi connectivity index (χ3v) is 8.13. The maximum atomic E-state index is 2.62. The largest absolute Gasteiger partial charge is 0.211 e. The van der Waals surface area contributed by atoms with Crippen LogP contribution in [0, 0.1) is 0 Å². The van der Waals surface area contributed by atoms with Crippen LogP contribution in [0.1, 0.15) is 59.3 Å². The number of hydrogen-bond acceptors (Lipinski definition) is 0. The van der Waals surface area contributed by atoms with E-state index in [4.69, 9.17) is 0 Å². The molecule has 0 aromatic rings. The van der Waals surface area contributed by atoms with E-state index in [0.717, 1.165) is 0 Å². The van der Waals surface area contributed by atoms with Gasteiger partial charge in [0, 0.05) is 18.5 Å². The minimum absolute atomic E-state index is 0.652. The molecule has 0 fully saturated rings. The Labute approximate surface area is 99.1 Å². The summed E-state index contributed by atoms with van der Waals surface area (Å²) in [4.78, 5) is 0. The second-order valence-corrected chi connectivity index (χ2v) is 9.00. The van der Waals surface area contributed by atoms with Crippen LogP contribution in [0.2, 0.25) is 6.82 Å². The quantitative estimate of drug-likeness (QED) is 0.361. The topological polar surface area (TPSA) is 0 Å². The summed E-state index contributed by atoms with van der Waals surface area (Å²) in [6, 6.07) is 0. The highest BCUT2D eigenvalue weighted by Gasteiger charge is 2.21. The van der Waals surface area contributed by atoms with Crippen molar-refractivity contribution >= 4 is 14.1 Å². The Morgan fingerprint density at radius 2 is 1.07 bits per heavy atom. The Bertz CT molecular complexity index is 115. The van der Waals surface area contributed by atoms with Gasteiger partial charge in [0.15, 0.2) is 0 Å². The lowest BCUT2D eigenvalue weighted by molar-refractivity contribution is 0.843. The molecule has 0 heterocycles. The number of rotatable bonds is 10. The molecule has 0 saturated heterocycles. The van der Waals surface area contributed by atoms with Crippen molar-refractivity contribution in [3.05, 3.63) is 0 Å². The van der Waals surface area contributed by atoms with Crippen molar-refractivity contribution in [2.24, 2.45) is 0 Å². The van der Waals surface area contributed by atoms with Gasteiger partial charge < -0.3 is 0 Å². The summed E-state index contributed by atoms with van der Waals surface area (Å²) in [7, 11) is -0.652. The van der Waals surface area contributed by atoms with Gasteiger partial charge in [-0.3, -0.25) is 0 Å². The monoisotopic (exact) mass is 228 g/mol. The van der Waals surface area contributed by atoms with Crippen LogP contribution >= 0.6 is 7.14 Å². The maximum Gasteiger partial charge on any atom is 0.0145 e. The second kappa shape index (κ2) is 9.70. The minimum atomic E-state index is -0.652. The van der Waals surface area contributed by atoms with E-state index in [2.05, 4.69) is 34.6 Å². The van der Waals surface area contributed by atoms with Crippen molar-refractivity contribution in [1.29, 1.82) is 0 Å². The van der Waals surface area contributed by atoms with Gasteiger partial charge in [-0.25, -0.2) is 14.0 Å². The lowest BCUT2D eigenvalue weighted by atomic mass is 10.2. The first kappa shape index (κ1) is 15.5. The highest BCUT2D eigenvalue weighted by atomic mass is 31.2. The minimum Gasteiger partial charge on any atom is -0.211 e. The zero-order valence-corrected chi connectivity index (χ0v) is 12.3. The van der Waals surface area contributed by atoms with Gasteiger partial charge in [-0.15, -0.1) is 0 Å². The first-order valence-electron chi connectivity index (χ1n) is 6.91. The second-order valence-electron chi connectivity index (χ2n) is 4.71. The van der Waals surface area contributed by atoms with Crippen LogP contribution in [0.15, 0.2) is 0 Å². The third kappa shape index (κ3) is 6.62. The number of hydrogen-bond donors (Lipinski definition) is 0. The van der Waals surface area contributed by atoms with Crippen LogP contribution in [-0.2, 0) is 0 Å². The van der Waals surface area contributed by atoms with Crippen LogP contribution in [0.25, 0.3) is 0 Å². The summed E-state index contributed by atoms with van der Waals surface area (Å²) in [5, 5.41) is 0. The predicted molar refractivity (Wildman–Crippen MR) is 77.9 cm³/mol. The molecule has 0 amide bonds. The van der Waals surface area contributed by atoms with Crippen molar-refractivity contribution in [2.75, 3.05) is 18.5 Å². The third-order valence-electron chi connectivity index (χ3n) is 3.42. The van der Waals surface area contributed by atoms with Crippen molar-refractivity contribution in [2.45, 2.75) is 66.1 Å². The van der Waals surface area contributed by atoms with Crippen molar-refractivity contribution < 1.29 is 0 Å². The molecule has 0 nitrogen and oxygen atoms in total. The van der Waals surface area contributed by atoms with Gasteiger partial charge in [0.05, 0.1) is 0 Å². The van der Waals surface area contributed by atoms with Crippen LogP contribution in [0.4, 0.5) is 0 Å². The molecule has 0 aliphatic heterocycles. The summed E-state index contributed by atoms with van der Waals surface area (Å²) in [5.41, 5.74) is 0. The molecular weight excluding hydrogens is 198 g/mol. The van der Waals surface area contributed by atoms with Crippen molar-refractivity contribution in [3.63, 3.8) is 0 Å². The molecule has 0 aliphatic rings. The molecule has 90 valence electrons. The van der Waals surface area contributed by atoms with E-state index in [9.17, 15) is 0 Å². The fourth-order valence-corrected chi connectivity index (χ4v) is 6.43. The molecule has 0 aliphatic carbocycles. The van der Waals surface area contributed by atoms with E-state index in [0.29, 0.717) is 0 Å². The zero-order chi connectivity index (χ0) is 11.6. The molecule has 0 atom stereocenters. The van der Waals surface area contributed by atoms with Gasteiger partial charge in [0.2, 0.25) is 0 Å². The lowest BCUT2D eigenvalue weighted by Gasteiger charge is -2.38. The van der Waals surface area contributed by atoms with Crippen molar-refractivity contribution in [3.8, 4) is 0 Å². The summed E-state index contributed by atoms with van der Waals surface area (Å²) in [6.07, 6.45) is 13.0. The smallest absolute Gasteiger partial charge is 0.0145 e. The average Bonchev–Trinajstić information content (AvgIpc) is 2.29. The molecule has 0 N–H and O–H groups in total. The van der Waals surface area contributed by atoms with Gasteiger partial charge in [-0.1, -0.05) is 47.0 Å². The summed E-state index contributed by atoms with van der Waals surface area (Å²) in [6.45, 7) is 11.9. The molecule has 0 aromatic heterocycles. The Balaban J connectivity index is 4.16. The highest BCUT2D eigenvalue weighted by molar-refractivity contribution is 8.00. The van der Waals surface area contributed by atoms with Crippen LogP contribution in [0.3, 0.4) is 0 Å². The Morgan fingerprint density at radius 3 is 1.27 bits per heavy atom. The van der Waals surface area contributed by atoms with Gasteiger partial charge in [-0.2, -0.15) is 0 Å². The highest BCUT2D eigenvalue weighted by Crippen LogP contribution is 2.58. The fourth-order valence-electron chi connectivity index (χ4n) is 2.14. The molecule has 15 heavy (non-hydrogen) atoms. The van der Waals surface area contributed by atoms with Crippen LogP contribution < -0.4 is 0 Å². The fraction of sp³-hybridized carbons (Fsp3) is 1.00. The Morgan fingerprint density at radius 1 is 0.733 bits per heavy atom. The van der Waals surface area contributed by atoms with E-state index >= 15 is 0 Å². The lowest BCUT2D eigenvalue weighted by Crippen LogP contribution is -2.13. The van der Waals surface area contributed by atoms with Crippen LogP contribution in [0.5, 0.6) is 0 Å². The van der Waals surface area contributed by atoms with Gasteiger partial charge in [-0.05, 0) is 19.3 Å². The molecule has 0 spiro atoms. The number of unbranched alkanes of at least 4 members (excludes halogenated alkanes) is 3. The van der Waals surface area contributed by atoms with Crippen LogP contribution in [-0.4, -0.2) is 25.5 Å². The predicted octanol–water partition coefficient (Wildman–Crippen LogP) is 5.07. The molecule has 2 radical (unpaired) electrons. The summed E-state index contributed by atoms with van der Waals surface area (Å²) >= 11 is 0. The van der Waals surface area contributed by atoms with E-state index < -0.39 is 7.14 Å². The van der Waals surface area contributed by atoms with Gasteiger partial charge >= 0.3 is 0 Å². The zero-order valence-electron chi connectivity index (χ0n) is 11.4. The van der Waals surface area contributed by atoms with E-state index in [1.54, 1.807) is 0 Å². The van der Waals surface area contributed by atoms with Crippen molar-refractivity contribution in [1.82, 2.24) is 0 Å². The molecule has 0 saturated carbocycles. The molecular formula is C13H30BP. The molecule has 2 heteroatoms. The summed E-state index contributed by atoms with van der Waals surface area (Å²) in [5.74, 6) is 0. The maximum absolute atomic E-state index is 2.62. The normalized spacial score (nSPS) is 12.0. The van der Waals surface area contributed by atoms with E-state index in [1.165, 1.54) is 57.0 Å². The van der Waals surface area contributed by atoms with Gasteiger partial charge in [0.1, 0.15) is 0 Å². The standard InChI is InChI=1S/C13H30BP/c1-5-8-11-15(14-4,12-9-6-2)13-10-7-3/h5-13H2,1-4H3.